The molecule has 0 saturated carbocycles. The Hall–Kier alpha value is -1.02. The minimum Gasteiger partial charge on any atom is -0.507 e. The number of hydrogen-bond acceptors (Lipinski definition) is 2. The van der Waals surface area contributed by atoms with Crippen LogP contribution in [0.3, 0.4) is 0 Å². The van der Waals surface area contributed by atoms with E-state index in [1.165, 1.54) is 36.8 Å². The largest absolute Gasteiger partial charge is 0.507 e. The van der Waals surface area contributed by atoms with Gasteiger partial charge >= 0.3 is 0 Å². The first kappa shape index (κ1) is 11.1. The quantitative estimate of drug-likeness (QED) is 0.820. The van der Waals surface area contributed by atoms with Crippen LogP contribution in [-0.2, 0) is 19.3 Å². The summed E-state index contributed by atoms with van der Waals surface area (Å²) in [6, 6.07) is 4.94. The van der Waals surface area contributed by atoms with Crippen molar-refractivity contribution in [3.05, 3.63) is 28.8 Å². The molecular weight excluding hydrogens is 210 g/mol. The van der Waals surface area contributed by atoms with Gasteiger partial charge < -0.3 is 10.4 Å². The topological polar surface area (TPSA) is 32.3 Å². The molecule has 1 atom stereocenters. The van der Waals surface area contributed by atoms with Gasteiger partial charge in [0.05, 0.1) is 0 Å². The van der Waals surface area contributed by atoms with E-state index in [-0.39, 0.29) is 0 Å². The highest BCUT2D eigenvalue weighted by Gasteiger charge is 2.20. The minimum absolute atomic E-state index is 0.572. The van der Waals surface area contributed by atoms with Crippen LogP contribution in [0.2, 0.25) is 0 Å². The van der Waals surface area contributed by atoms with Crippen LogP contribution >= 0.6 is 0 Å². The number of rotatable bonds is 2. The maximum Gasteiger partial charge on any atom is 0.122 e. The van der Waals surface area contributed by atoms with E-state index in [0.29, 0.717) is 11.8 Å². The Kier molecular flexibility index (Phi) is 3.06. The highest BCUT2D eigenvalue weighted by molar-refractivity contribution is 5.47. The van der Waals surface area contributed by atoms with Crippen molar-refractivity contribution in [2.75, 3.05) is 6.54 Å². The van der Waals surface area contributed by atoms with Crippen LogP contribution in [-0.4, -0.2) is 17.7 Å². The van der Waals surface area contributed by atoms with E-state index in [0.717, 1.165) is 31.4 Å². The maximum absolute atomic E-state index is 10.4. The molecule has 1 heterocycles. The molecule has 0 amide bonds. The smallest absolute Gasteiger partial charge is 0.122 e. The zero-order valence-electron chi connectivity index (χ0n) is 10.3. The van der Waals surface area contributed by atoms with Gasteiger partial charge in [-0.05, 0) is 68.2 Å². The number of phenols is 1. The van der Waals surface area contributed by atoms with Crippen LogP contribution in [0.5, 0.6) is 5.75 Å². The van der Waals surface area contributed by atoms with Crippen LogP contribution in [0, 0.1) is 0 Å². The van der Waals surface area contributed by atoms with Crippen molar-refractivity contribution in [3.8, 4) is 5.75 Å². The molecule has 92 valence electrons. The predicted molar refractivity (Wildman–Crippen MR) is 69.5 cm³/mol. The Morgan fingerprint density at radius 2 is 2.06 bits per heavy atom. The Labute approximate surface area is 103 Å². The molecule has 3 rings (SSSR count). The summed E-state index contributed by atoms with van der Waals surface area (Å²) in [5.74, 6) is 0.593. The first-order chi connectivity index (χ1) is 8.34. The van der Waals surface area contributed by atoms with Crippen LogP contribution in [0.15, 0.2) is 12.1 Å². The van der Waals surface area contributed by atoms with Gasteiger partial charge in [0.15, 0.2) is 0 Å². The molecule has 2 heteroatoms. The first-order valence-electron chi connectivity index (χ1n) is 6.90. The molecule has 1 aromatic rings. The number of benzene rings is 1. The third-order valence-electron chi connectivity index (χ3n) is 4.21. The molecule has 2 aliphatic rings. The van der Waals surface area contributed by atoms with Crippen molar-refractivity contribution in [1.82, 2.24) is 5.32 Å². The van der Waals surface area contributed by atoms with Crippen LogP contribution < -0.4 is 5.32 Å². The summed E-state index contributed by atoms with van der Waals surface area (Å²) < 4.78 is 0. The van der Waals surface area contributed by atoms with E-state index in [1.807, 2.05) is 0 Å². The fourth-order valence-electron chi connectivity index (χ4n) is 3.22. The van der Waals surface area contributed by atoms with E-state index in [9.17, 15) is 5.11 Å². The molecule has 17 heavy (non-hydrogen) atoms. The second kappa shape index (κ2) is 4.69. The molecule has 1 fully saturated rings. The minimum atomic E-state index is 0.572. The van der Waals surface area contributed by atoms with Gasteiger partial charge in [-0.3, -0.25) is 0 Å². The highest BCUT2D eigenvalue weighted by atomic mass is 16.3. The van der Waals surface area contributed by atoms with E-state index in [4.69, 9.17) is 0 Å². The van der Waals surface area contributed by atoms with Crippen molar-refractivity contribution >= 4 is 0 Å². The molecular formula is C15H21NO. The van der Waals surface area contributed by atoms with Crippen molar-refractivity contribution in [2.45, 2.75) is 51.0 Å². The van der Waals surface area contributed by atoms with Crippen molar-refractivity contribution in [3.63, 3.8) is 0 Å². The summed E-state index contributed by atoms with van der Waals surface area (Å²) in [4.78, 5) is 0. The fraction of sp³-hybridized carbons (Fsp3) is 0.600. The molecule has 0 aromatic heterocycles. The maximum atomic E-state index is 10.4. The van der Waals surface area contributed by atoms with Crippen molar-refractivity contribution in [1.29, 1.82) is 0 Å². The number of fused-ring (bicyclic) bond motifs is 1. The highest BCUT2D eigenvalue weighted by Crippen LogP contribution is 2.33. The fourth-order valence-corrected chi connectivity index (χ4v) is 3.22. The Balaban J connectivity index is 1.84. The van der Waals surface area contributed by atoms with E-state index < -0.39 is 0 Å². The van der Waals surface area contributed by atoms with Crippen LogP contribution in [0.25, 0.3) is 0 Å². The number of phenolic OH excluding ortho intramolecular Hbond substituents is 1. The molecule has 1 aromatic carbocycles. The number of nitrogens with one attached hydrogen (secondary N) is 1. The lowest BCUT2D eigenvalue weighted by molar-refractivity contribution is 0.449. The van der Waals surface area contributed by atoms with Gasteiger partial charge in [-0.25, -0.2) is 0 Å². The third kappa shape index (κ3) is 2.19. The van der Waals surface area contributed by atoms with E-state index >= 15 is 0 Å². The van der Waals surface area contributed by atoms with Gasteiger partial charge in [0.25, 0.3) is 0 Å². The van der Waals surface area contributed by atoms with Gasteiger partial charge in [0.1, 0.15) is 5.75 Å². The van der Waals surface area contributed by atoms with E-state index in [2.05, 4.69) is 17.4 Å². The van der Waals surface area contributed by atoms with Gasteiger partial charge in [0, 0.05) is 6.04 Å². The van der Waals surface area contributed by atoms with Crippen LogP contribution in [0.4, 0.5) is 0 Å². The summed E-state index contributed by atoms with van der Waals surface area (Å²) in [5.41, 5.74) is 3.74. The van der Waals surface area contributed by atoms with Crippen LogP contribution in [0.1, 0.15) is 42.4 Å². The molecule has 0 spiro atoms. The third-order valence-corrected chi connectivity index (χ3v) is 4.21. The molecule has 2 nitrogen and oxygen atoms in total. The van der Waals surface area contributed by atoms with Gasteiger partial charge in [-0.1, -0.05) is 12.1 Å². The lowest BCUT2D eigenvalue weighted by atomic mass is 9.88. The van der Waals surface area contributed by atoms with Crippen molar-refractivity contribution < 1.29 is 5.11 Å². The van der Waals surface area contributed by atoms with Gasteiger partial charge in [-0.15, -0.1) is 0 Å². The molecule has 2 N–H and O–H groups in total. The standard InChI is InChI=1S/C15H21NO/c17-15-12(10-13-5-3-9-16-13)8-7-11-4-1-2-6-14(11)15/h7-8,13,16-17H,1-6,9-10H2. The molecule has 1 saturated heterocycles. The normalized spacial score (nSPS) is 23.6. The van der Waals surface area contributed by atoms with Gasteiger partial charge in [0.2, 0.25) is 0 Å². The second-order valence-electron chi connectivity index (χ2n) is 5.42. The number of hydrogen-bond donors (Lipinski definition) is 2. The average Bonchev–Trinajstić information content (AvgIpc) is 2.86. The predicted octanol–water partition coefficient (Wildman–Crippen LogP) is 2.57. The number of aromatic hydroxyl groups is 1. The number of aryl methyl sites for hydroxylation is 1. The Bertz CT molecular complexity index is 408. The summed E-state index contributed by atoms with van der Waals surface area (Å²) in [6.07, 6.45) is 8.21. The lowest BCUT2D eigenvalue weighted by Crippen LogP contribution is -2.23. The van der Waals surface area contributed by atoms with Crippen molar-refractivity contribution in [2.24, 2.45) is 0 Å². The zero-order valence-corrected chi connectivity index (χ0v) is 10.3. The average molecular weight is 231 g/mol. The molecule has 1 aliphatic carbocycles. The second-order valence-corrected chi connectivity index (χ2v) is 5.42. The van der Waals surface area contributed by atoms with Gasteiger partial charge in [-0.2, -0.15) is 0 Å². The first-order valence-corrected chi connectivity index (χ1v) is 6.90. The Morgan fingerprint density at radius 1 is 1.18 bits per heavy atom. The summed E-state index contributed by atoms with van der Waals surface area (Å²) in [6.45, 7) is 1.14. The SMILES string of the molecule is Oc1c(CC2CCCN2)ccc2c1CCCC2. The summed E-state index contributed by atoms with van der Waals surface area (Å²) in [7, 11) is 0. The molecule has 1 aliphatic heterocycles. The monoisotopic (exact) mass is 231 g/mol. The molecule has 1 unspecified atom stereocenters. The zero-order chi connectivity index (χ0) is 11.7. The van der Waals surface area contributed by atoms with E-state index in [1.54, 1.807) is 0 Å². The summed E-state index contributed by atoms with van der Waals surface area (Å²) >= 11 is 0. The molecule has 0 radical (unpaired) electrons. The lowest BCUT2D eigenvalue weighted by Gasteiger charge is -2.20. The Morgan fingerprint density at radius 3 is 2.88 bits per heavy atom. The summed E-state index contributed by atoms with van der Waals surface area (Å²) in [5, 5.41) is 13.9. The molecule has 0 bridgehead atoms.